The summed E-state index contributed by atoms with van der Waals surface area (Å²) in [6, 6.07) is 15.5. The van der Waals surface area contributed by atoms with E-state index < -0.39 is 16.7 Å². The molecule has 0 bridgehead atoms. The van der Waals surface area contributed by atoms with Crippen LogP contribution in [0, 0.1) is 21.4 Å². The zero-order chi connectivity index (χ0) is 25.3. The lowest BCUT2D eigenvalue weighted by Crippen LogP contribution is -2.39. The van der Waals surface area contributed by atoms with Crippen LogP contribution in [0.3, 0.4) is 0 Å². The number of nitriles is 1. The maximum absolute atomic E-state index is 12.9. The second-order valence-electron chi connectivity index (χ2n) is 7.70. The highest BCUT2D eigenvalue weighted by molar-refractivity contribution is 6.19. The number of nitro groups is 1. The molecule has 2 amide bonds. The highest BCUT2D eigenvalue weighted by Crippen LogP contribution is 2.35. The number of carbonyl (C=O) groups excluding carboxylic acids is 2. The van der Waals surface area contributed by atoms with Gasteiger partial charge in [-0.05, 0) is 42.8 Å². The fraction of sp³-hybridized carbons (Fsp3) is 0.120. The molecule has 35 heavy (non-hydrogen) atoms. The molecule has 174 valence electrons. The van der Waals surface area contributed by atoms with Gasteiger partial charge < -0.3 is 4.74 Å². The van der Waals surface area contributed by atoms with Crippen molar-refractivity contribution in [3.05, 3.63) is 87.1 Å². The molecular formula is C25H19N5O5. The quantitative estimate of drug-likeness (QED) is 0.241. The van der Waals surface area contributed by atoms with Crippen molar-refractivity contribution in [3.8, 4) is 28.8 Å². The molecule has 0 spiro atoms. The molecule has 10 nitrogen and oxygen atoms in total. The summed E-state index contributed by atoms with van der Waals surface area (Å²) in [5.41, 5.74) is 2.03. The van der Waals surface area contributed by atoms with E-state index in [2.05, 4.69) is 5.10 Å². The lowest BCUT2D eigenvalue weighted by atomic mass is 9.93. The van der Waals surface area contributed by atoms with E-state index >= 15 is 0 Å². The van der Waals surface area contributed by atoms with Gasteiger partial charge in [0.1, 0.15) is 17.3 Å². The molecule has 0 aliphatic carbocycles. The van der Waals surface area contributed by atoms with Gasteiger partial charge >= 0.3 is 5.69 Å². The molecule has 1 aliphatic rings. The van der Waals surface area contributed by atoms with Crippen LogP contribution < -0.4 is 4.74 Å². The topological polar surface area (TPSA) is 131 Å². The molecule has 0 unspecified atom stereocenters. The third-order valence-corrected chi connectivity index (χ3v) is 5.66. The number of nitrogens with zero attached hydrogens (tertiary/aromatic N) is 5. The van der Waals surface area contributed by atoms with Gasteiger partial charge in [0.2, 0.25) is 0 Å². The van der Waals surface area contributed by atoms with Crippen LogP contribution in [-0.4, -0.2) is 45.6 Å². The Balaban J connectivity index is 1.97. The zero-order valence-electron chi connectivity index (χ0n) is 19.1. The van der Waals surface area contributed by atoms with Crippen LogP contribution in [0.4, 0.5) is 5.69 Å². The highest BCUT2D eigenvalue weighted by atomic mass is 16.6. The van der Waals surface area contributed by atoms with Crippen LogP contribution in [0.5, 0.6) is 5.75 Å². The number of benzene rings is 2. The molecule has 0 saturated heterocycles. The van der Waals surface area contributed by atoms with E-state index in [1.807, 2.05) is 36.4 Å². The number of hydrogen-bond donors (Lipinski definition) is 0. The number of imide groups is 1. The predicted molar refractivity (Wildman–Crippen MR) is 126 cm³/mol. The van der Waals surface area contributed by atoms with Crippen molar-refractivity contribution in [2.75, 3.05) is 14.2 Å². The van der Waals surface area contributed by atoms with Gasteiger partial charge in [-0.1, -0.05) is 18.2 Å². The van der Waals surface area contributed by atoms with Gasteiger partial charge in [-0.25, -0.2) is 4.68 Å². The number of hydrogen-bond acceptors (Lipinski definition) is 7. The lowest BCUT2D eigenvalue weighted by molar-refractivity contribution is -0.385. The molecular weight excluding hydrogens is 450 g/mol. The Labute approximate surface area is 200 Å². The first-order chi connectivity index (χ1) is 16.8. The van der Waals surface area contributed by atoms with Crippen molar-refractivity contribution in [1.29, 1.82) is 5.26 Å². The van der Waals surface area contributed by atoms with E-state index in [1.54, 1.807) is 16.9 Å². The summed E-state index contributed by atoms with van der Waals surface area (Å²) in [5, 5.41) is 25.7. The van der Waals surface area contributed by atoms with Crippen molar-refractivity contribution in [1.82, 2.24) is 14.7 Å². The summed E-state index contributed by atoms with van der Waals surface area (Å²) in [7, 11) is 2.65. The molecule has 4 rings (SSSR count). The molecule has 2 heterocycles. The van der Waals surface area contributed by atoms with Gasteiger partial charge in [0.05, 0.1) is 17.7 Å². The maximum atomic E-state index is 12.9. The average molecular weight is 469 g/mol. The third kappa shape index (κ3) is 4.06. The third-order valence-electron chi connectivity index (χ3n) is 5.66. The van der Waals surface area contributed by atoms with Crippen LogP contribution in [0.2, 0.25) is 0 Å². The number of methoxy groups -OCH3 is 1. The number of rotatable bonds is 5. The minimum atomic E-state index is -0.668. The molecule has 0 atom stereocenters. The van der Waals surface area contributed by atoms with E-state index in [0.717, 1.165) is 10.6 Å². The van der Waals surface area contributed by atoms with Crippen LogP contribution in [-0.2, 0) is 9.59 Å². The van der Waals surface area contributed by atoms with E-state index in [1.165, 1.54) is 39.3 Å². The molecule has 1 aromatic heterocycles. The summed E-state index contributed by atoms with van der Waals surface area (Å²) in [5.74, 6) is -1.13. The van der Waals surface area contributed by atoms with E-state index in [-0.39, 0.29) is 28.2 Å². The molecule has 0 saturated carbocycles. The predicted octanol–water partition coefficient (Wildman–Crippen LogP) is 3.68. The average Bonchev–Trinajstić information content (AvgIpc) is 3.29. The van der Waals surface area contributed by atoms with Gasteiger partial charge in [-0.15, -0.1) is 0 Å². The second-order valence-corrected chi connectivity index (χ2v) is 7.70. The number of nitro benzene ring substituents is 1. The number of carbonyl (C=O) groups is 2. The first kappa shape index (κ1) is 23.1. The van der Waals surface area contributed by atoms with E-state index in [0.29, 0.717) is 16.8 Å². The Morgan fingerprint density at radius 3 is 2.49 bits per heavy atom. The molecule has 0 fully saturated rings. The molecule has 10 heteroatoms. The molecule has 1 aliphatic heterocycles. The summed E-state index contributed by atoms with van der Waals surface area (Å²) >= 11 is 0. The first-order valence-electron chi connectivity index (χ1n) is 10.4. The smallest absolute Gasteiger partial charge is 0.311 e. The Morgan fingerprint density at radius 2 is 1.86 bits per heavy atom. The number of likely N-dealkylation sites (N-methyl/N-ethyl adjacent to an activating group) is 1. The Hall–Kier alpha value is -5.04. The van der Waals surface area contributed by atoms with Crippen molar-refractivity contribution >= 4 is 23.6 Å². The summed E-state index contributed by atoms with van der Waals surface area (Å²) in [4.78, 5) is 37.2. The fourth-order valence-electron chi connectivity index (χ4n) is 3.76. The van der Waals surface area contributed by atoms with Gasteiger partial charge in [0.25, 0.3) is 11.8 Å². The lowest BCUT2D eigenvalue weighted by Gasteiger charge is -2.23. The number of para-hydroxylation sites is 1. The van der Waals surface area contributed by atoms with Gasteiger partial charge in [0, 0.05) is 36.0 Å². The van der Waals surface area contributed by atoms with Crippen molar-refractivity contribution in [3.63, 3.8) is 0 Å². The maximum Gasteiger partial charge on any atom is 0.311 e. The molecule has 0 N–H and O–H groups in total. The van der Waals surface area contributed by atoms with Crippen LogP contribution in [0.25, 0.3) is 23.0 Å². The van der Waals surface area contributed by atoms with Crippen LogP contribution in [0.1, 0.15) is 12.5 Å². The van der Waals surface area contributed by atoms with Crippen molar-refractivity contribution < 1.29 is 19.2 Å². The minimum Gasteiger partial charge on any atom is -0.490 e. The summed E-state index contributed by atoms with van der Waals surface area (Å²) < 4.78 is 6.69. The van der Waals surface area contributed by atoms with Crippen LogP contribution in [0.15, 0.2) is 71.4 Å². The Bertz CT molecular complexity index is 1480. The van der Waals surface area contributed by atoms with E-state index in [4.69, 9.17) is 4.74 Å². The number of aromatic nitrogens is 2. The van der Waals surface area contributed by atoms with E-state index in [9.17, 15) is 25.0 Å². The molecule has 2 aromatic carbocycles. The standard InChI is InChI=1S/C25H19N5O5/c1-15-19(24(31)28(2)25(32)20(15)13-26)11-17-14-29(18-7-5-4-6-8-18)27-23(17)16-9-10-22(35-3)21(12-16)30(33)34/h4-12,14H,1-3H3/b19-11+. The minimum absolute atomic E-state index is 0.0983. The second kappa shape index (κ2) is 9.07. The van der Waals surface area contributed by atoms with Crippen molar-refractivity contribution in [2.24, 2.45) is 0 Å². The summed E-state index contributed by atoms with van der Waals surface area (Å²) in [6.07, 6.45) is 3.21. The number of amides is 2. The van der Waals surface area contributed by atoms with Crippen molar-refractivity contribution in [2.45, 2.75) is 6.92 Å². The largest absolute Gasteiger partial charge is 0.490 e. The van der Waals surface area contributed by atoms with Gasteiger partial charge in [-0.3, -0.25) is 24.6 Å². The monoisotopic (exact) mass is 469 g/mol. The normalized spacial score (nSPS) is 14.9. The molecule has 0 radical (unpaired) electrons. The highest BCUT2D eigenvalue weighted by Gasteiger charge is 2.33. The summed E-state index contributed by atoms with van der Waals surface area (Å²) in [6.45, 7) is 1.53. The fourth-order valence-corrected chi connectivity index (χ4v) is 3.76. The van der Waals surface area contributed by atoms with Crippen LogP contribution >= 0.6 is 0 Å². The number of ether oxygens (including phenoxy) is 1. The van der Waals surface area contributed by atoms with Gasteiger partial charge in [-0.2, -0.15) is 10.4 Å². The SMILES string of the molecule is COc1ccc(-c2nn(-c3ccccc3)cc2/C=C2/C(=O)N(C)C(=O)C(C#N)=C2C)cc1[N+](=O)[O-]. The molecule has 3 aromatic rings. The Kier molecular flexibility index (Phi) is 5.99. The Morgan fingerprint density at radius 1 is 1.14 bits per heavy atom. The van der Waals surface area contributed by atoms with Gasteiger partial charge in [0.15, 0.2) is 5.75 Å². The first-order valence-corrected chi connectivity index (χ1v) is 10.4. The zero-order valence-corrected chi connectivity index (χ0v) is 19.1.